The highest BCUT2D eigenvalue weighted by Crippen LogP contribution is 2.54. The monoisotopic (exact) mass is 320 g/mol. The SMILES string of the molecule is CCSc1ccc(C(=O)N(C)[C@@H]2[C@@H]3CCO[C@@H]3C2(C)C)cn1. The molecule has 3 atom stereocenters. The van der Waals surface area contributed by atoms with Crippen molar-refractivity contribution in [2.75, 3.05) is 19.4 Å². The maximum Gasteiger partial charge on any atom is 0.255 e. The number of ether oxygens (including phenoxy) is 1. The Morgan fingerprint density at radius 3 is 2.91 bits per heavy atom. The van der Waals surface area contributed by atoms with Crippen molar-refractivity contribution in [3.63, 3.8) is 0 Å². The van der Waals surface area contributed by atoms with Crippen molar-refractivity contribution in [3.05, 3.63) is 23.9 Å². The van der Waals surface area contributed by atoms with Crippen molar-refractivity contribution in [2.24, 2.45) is 11.3 Å². The molecule has 120 valence electrons. The van der Waals surface area contributed by atoms with Crippen molar-refractivity contribution >= 4 is 17.7 Å². The van der Waals surface area contributed by atoms with Gasteiger partial charge in [-0.15, -0.1) is 11.8 Å². The highest BCUT2D eigenvalue weighted by atomic mass is 32.2. The van der Waals surface area contributed by atoms with Gasteiger partial charge in [-0.25, -0.2) is 4.98 Å². The largest absolute Gasteiger partial charge is 0.377 e. The summed E-state index contributed by atoms with van der Waals surface area (Å²) in [5.74, 6) is 1.52. The van der Waals surface area contributed by atoms with Crippen LogP contribution in [0.2, 0.25) is 0 Å². The number of aromatic nitrogens is 1. The molecule has 0 N–H and O–H groups in total. The van der Waals surface area contributed by atoms with Crippen LogP contribution >= 0.6 is 11.8 Å². The van der Waals surface area contributed by atoms with Crippen LogP contribution in [-0.2, 0) is 4.74 Å². The lowest BCUT2D eigenvalue weighted by Crippen LogP contribution is -2.66. The standard InChI is InChI=1S/C17H24N2O2S/c1-5-22-13-7-6-11(10-18-13)16(20)19(4)14-12-8-9-21-15(12)17(14,2)3/h6-7,10,12,14-15H,5,8-9H2,1-4H3/t12-,14+,15-/m0/s1. The molecule has 5 heteroatoms. The summed E-state index contributed by atoms with van der Waals surface area (Å²) < 4.78 is 5.82. The predicted octanol–water partition coefficient (Wildman–Crippen LogP) is 3.08. The second kappa shape index (κ2) is 5.85. The maximum absolute atomic E-state index is 12.8. The molecule has 1 saturated heterocycles. The van der Waals surface area contributed by atoms with Gasteiger partial charge < -0.3 is 9.64 Å². The van der Waals surface area contributed by atoms with Gasteiger partial charge in [-0.05, 0) is 24.3 Å². The zero-order valence-electron chi connectivity index (χ0n) is 13.7. The number of fused-ring (bicyclic) bond motifs is 1. The summed E-state index contributed by atoms with van der Waals surface area (Å²) >= 11 is 1.69. The van der Waals surface area contributed by atoms with Gasteiger partial charge in [0.2, 0.25) is 0 Å². The zero-order valence-corrected chi connectivity index (χ0v) is 14.5. The summed E-state index contributed by atoms with van der Waals surface area (Å²) in [5, 5.41) is 0.968. The quantitative estimate of drug-likeness (QED) is 0.800. The Labute approximate surface area is 136 Å². The van der Waals surface area contributed by atoms with Gasteiger partial charge in [0.25, 0.3) is 5.91 Å². The number of amides is 1. The van der Waals surface area contributed by atoms with Gasteiger partial charge in [-0.1, -0.05) is 20.8 Å². The number of hydrogen-bond acceptors (Lipinski definition) is 4. The Morgan fingerprint density at radius 2 is 2.27 bits per heavy atom. The second-order valence-electron chi connectivity index (χ2n) is 6.74. The van der Waals surface area contributed by atoms with Gasteiger partial charge in [0, 0.05) is 37.2 Å². The van der Waals surface area contributed by atoms with Crippen LogP contribution in [0.5, 0.6) is 0 Å². The summed E-state index contributed by atoms with van der Waals surface area (Å²) in [5.41, 5.74) is 0.693. The van der Waals surface area contributed by atoms with E-state index < -0.39 is 0 Å². The molecule has 4 nitrogen and oxygen atoms in total. The molecule has 2 aliphatic rings. The number of hydrogen-bond donors (Lipinski definition) is 0. The van der Waals surface area contributed by atoms with Crippen molar-refractivity contribution in [2.45, 2.75) is 44.4 Å². The Bertz CT molecular complexity index is 558. The first-order valence-electron chi connectivity index (χ1n) is 7.94. The van der Waals surface area contributed by atoms with Crippen LogP contribution in [0.15, 0.2) is 23.4 Å². The van der Waals surface area contributed by atoms with Crippen LogP contribution in [-0.4, -0.2) is 47.3 Å². The maximum atomic E-state index is 12.8. The Morgan fingerprint density at radius 1 is 1.50 bits per heavy atom. The molecule has 0 unspecified atom stereocenters. The van der Waals surface area contributed by atoms with E-state index in [1.165, 1.54) is 0 Å². The fraction of sp³-hybridized carbons (Fsp3) is 0.647. The third-order valence-electron chi connectivity index (χ3n) is 5.05. The van der Waals surface area contributed by atoms with E-state index in [0.717, 1.165) is 23.8 Å². The molecule has 0 spiro atoms. The Balaban J connectivity index is 1.74. The van der Waals surface area contributed by atoms with E-state index in [-0.39, 0.29) is 17.4 Å². The van der Waals surface area contributed by atoms with E-state index >= 15 is 0 Å². The van der Waals surface area contributed by atoms with Crippen molar-refractivity contribution in [1.29, 1.82) is 0 Å². The van der Waals surface area contributed by atoms with Gasteiger partial charge in [0.15, 0.2) is 0 Å². The van der Waals surface area contributed by atoms with Crippen LogP contribution in [0.3, 0.4) is 0 Å². The minimum absolute atomic E-state index is 0.0248. The average molecular weight is 320 g/mol. The number of carbonyl (C=O) groups is 1. The number of thioether (sulfide) groups is 1. The molecule has 1 aliphatic carbocycles. The van der Waals surface area contributed by atoms with Crippen LogP contribution in [0, 0.1) is 11.3 Å². The van der Waals surface area contributed by atoms with Crippen molar-refractivity contribution in [1.82, 2.24) is 9.88 Å². The lowest BCUT2D eigenvalue weighted by molar-refractivity contribution is -0.139. The summed E-state index contributed by atoms with van der Waals surface area (Å²) in [6.07, 6.45) is 3.06. The van der Waals surface area contributed by atoms with E-state index in [9.17, 15) is 4.79 Å². The number of pyridine rings is 1. The van der Waals surface area contributed by atoms with Gasteiger partial charge in [0.1, 0.15) is 0 Å². The third-order valence-corrected chi connectivity index (χ3v) is 5.88. The van der Waals surface area contributed by atoms with Crippen molar-refractivity contribution < 1.29 is 9.53 Å². The van der Waals surface area contributed by atoms with E-state index in [2.05, 4.69) is 25.8 Å². The zero-order chi connectivity index (χ0) is 15.9. The van der Waals surface area contributed by atoms with E-state index in [4.69, 9.17) is 4.74 Å². The number of rotatable bonds is 4. The van der Waals surface area contributed by atoms with Crippen LogP contribution in [0.4, 0.5) is 0 Å². The number of carbonyl (C=O) groups excluding carboxylic acids is 1. The molecular weight excluding hydrogens is 296 g/mol. The fourth-order valence-electron chi connectivity index (χ4n) is 4.15. The summed E-state index contributed by atoms with van der Waals surface area (Å²) in [7, 11) is 1.91. The molecule has 1 amide bonds. The Kier molecular flexibility index (Phi) is 4.21. The molecular formula is C17H24N2O2S. The minimum Gasteiger partial charge on any atom is -0.377 e. The summed E-state index contributed by atoms with van der Waals surface area (Å²) in [4.78, 5) is 19.0. The highest BCUT2D eigenvalue weighted by molar-refractivity contribution is 7.99. The molecule has 1 saturated carbocycles. The molecule has 1 aromatic rings. The number of nitrogens with zero attached hydrogens (tertiary/aromatic N) is 2. The first-order chi connectivity index (χ1) is 10.5. The first-order valence-corrected chi connectivity index (χ1v) is 8.93. The minimum atomic E-state index is 0.0248. The van der Waals surface area contributed by atoms with Gasteiger partial charge in [0.05, 0.1) is 16.7 Å². The summed E-state index contributed by atoms with van der Waals surface area (Å²) in [6, 6.07) is 4.07. The lowest BCUT2D eigenvalue weighted by atomic mass is 9.56. The molecule has 3 rings (SSSR count). The molecule has 1 aliphatic heterocycles. The molecule has 22 heavy (non-hydrogen) atoms. The normalized spacial score (nSPS) is 28.8. The van der Waals surface area contributed by atoms with Gasteiger partial charge in [-0.2, -0.15) is 0 Å². The first kappa shape index (κ1) is 15.8. The van der Waals surface area contributed by atoms with Gasteiger partial charge >= 0.3 is 0 Å². The van der Waals surface area contributed by atoms with E-state index in [0.29, 0.717) is 17.6 Å². The fourth-order valence-corrected chi connectivity index (χ4v) is 4.74. The lowest BCUT2D eigenvalue weighted by Gasteiger charge is -2.57. The molecule has 1 aromatic heterocycles. The topological polar surface area (TPSA) is 42.4 Å². The second-order valence-corrected chi connectivity index (χ2v) is 8.03. The van der Waals surface area contributed by atoms with Crippen molar-refractivity contribution in [3.8, 4) is 0 Å². The smallest absolute Gasteiger partial charge is 0.255 e. The van der Waals surface area contributed by atoms with Gasteiger partial charge in [-0.3, -0.25) is 4.79 Å². The average Bonchev–Trinajstić information content (AvgIpc) is 2.94. The Hall–Kier alpha value is -1.07. The highest BCUT2D eigenvalue weighted by Gasteiger charge is 2.61. The van der Waals surface area contributed by atoms with E-state index in [1.54, 1.807) is 18.0 Å². The molecule has 0 bridgehead atoms. The molecule has 0 aromatic carbocycles. The van der Waals surface area contributed by atoms with Crippen LogP contribution in [0.25, 0.3) is 0 Å². The summed E-state index contributed by atoms with van der Waals surface area (Å²) in [6.45, 7) is 7.32. The predicted molar refractivity (Wildman–Crippen MR) is 88.1 cm³/mol. The molecule has 0 radical (unpaired) electrons. The molecule has 2 fully saturated rings. The molecule has 2 heterocycles. The van der Waals surface area contributed by atoms with E-state index in [1.807, 2.05) is 24.1 Å². The van der Waals surface area contributed by atoms with Crippen LogP contribution in [0.1, 0.15) is 37.6 Å². The van der Waals surface area contributed by atoms with Crippen LogP contribution < -0.4 is 0 Å². The third kappa shape index (κ3) is 2.44.